The zero-order chi connectivity index (χ0) is 9.23. The van der Waals surface area contributed by atoms with Gasteiger partial charge >= 0.3 is 0 Å². The summed E-state index contributed by atoms with van der Waals surface area (Å²) < 4.78 is 0. The van der Waals surface area contributed by atoms with Crippen molar-refractivity contribution in [3.63, 3.8) is 0 Å². The maximum atomic E-state index is 9.84. The van der Waals surface area contributed by atoms with E-state index in [1.54, 1.807) is 5.41 Å². The van der Waals surface area contributed by atoms with Crippen LogP contribution in [0.25, 0.3) is 0 Å². The van der Waals surface area contributed by atoms with E-state index >= 15 is 0 Å². The second-order valence-electron chi connectivity index (χ2n) is 2.50. The Morgan fingerprint density at radius 3 is 2.75 bits per heavy atom. The van der Waals surface area contributed by atoms with Crippen molar-refractivity contribution in [3.05, 3.63) is 21.7 Å². The molecular formula is C8H15NO2S. The zero-order valence-corrected chi connectivity index (χ0v) is 8.18. The van der Waals surface area contributed by atoms with E-state index in [0.29, 0.717) is 0 Å². The molecular weight excluding hydrogens is 174 g/mol. The summed E-state index contributed by atoms with van der Waals surface area (Å²) in [4.78, 5) is 9.41. The molecule has 0 spiro atoms. The van der Waals surface area contributed by atoms with Crippen molar-refractivity contribution >= 4 is 11.8 Å². The van der Waals surface area contributed by atoms with E-state index in [4.69, 9.17) is 0 Å². The Morgan fingerprint density at radius 1 is 1.42 bits per heavy atom. The molecule has 0 rings (SSSR count). The fourth-order valence-electron chi connectivity index (χ4n) is 0.773. The molecule has 0 aromatic heterocycles. The smallest absolute Gasteiger partial charge is 0.240 e. The van der Waals surface area contributed by atoms with Crippen LogP contribution < -0.4 is 0 Å². The minimum absolute atomic E-state index is 0.432. The minimum atomic E-state index is -0.432. The van der Waals surface area contributed by atoms with Crippen LogP contribution >= 0.6 is 11.8 Å². The molecule has 0 saturated heterocycles. The van der Waals surface area contributed by atoms with Crippen LogP contribution in [-0.4, -0.2) is 10.7 Å². The van der Waals surface area contributed by atoms with Crippen LogP contribution in [0.3, 0.4) is 0 Å². The van der Waals surface area contributed by atoms with Crippen molar-refractivity contribution in [2.45, 2.75) is 32.6 Å². The molecule has 0 bridgehead atoms. The summed E-state index contributed by atoms with van der Waals surface area (Å²) in [7, 11) is 0. The van der Waals surface area contributed by atoms with Crippen molar-refractivity contribution in [3.8, 4) is 0 Å². The van der Waals surface area contributed by atoms with E-state index in [-0.39, 0.29) is 0 Å². The number of nitro groups is 1. The topological polar surface area (TPSA) is 43.1 Å². The third-order valence-electron chi connectivity index (χ3n) is 1.39. The number of nitrogens with zero attached hydrogens (tertiary/aromatic N) is 1. The average molecular weight is 189 g/mol. The third-order valence-corrected chi connectivity index (χ3v) is 2.23. The second-order valence-corrected chi connectivity index (χ2v) is 3.52. The highest BCUT2D eigenvalue weighted by Gasteiger charge is 1.88. The molecule has 0 aliphatic heterocycles. The van der Waals surface area contributed by atoms with Gasteiger partial charge in [0.1, 0.15) is 0 Å². The number of unbranched alkanes of at least 4 members (excludes halogenated alkanes) is 3. The summed E-state index contributed by atoms with van der Waals surface area (Å²) >= 11 is 1.51. The molecule has 0 aliphatic carbocycles. The Balaban J connectivity index is 3.05. The lowest BCUT2D eigenvalue weighted by atomic mass is 10.2. The molecule has 0 aromatic carbocycles. The van der Waals surface area contributed by atoms with Gasteiger partial charge in [-0.2, -0.15) is 0 Å². The van der Waals surface area contributed by atoms with E-state index in [0.717, 1.165) is 18.4 Å². The molecule has 12 heavy (non-hydrogen) atoms. The van der Waals surface area contributed by atoms with Gasteiger partial charge in [-0.15, -0.1) is 11.8 Å². The van der Waals surface area contributed by atoms with Gasteiger partial charge in [-0.25, -0.2) is 0 Å². The Kier molecular flexibility index (Phi) is 8.22. The van der Waals surface area contributed by atoms with Gasteiger partial charge in [0.05, 0.1) is 4.92 Å². The van der Waals surface area contributed by atoms with Gasteiger partial charge < -0.3 is 0 Å². The Labute approximate surface area is 77.4 Å². The zero-order valence-electron chi connectivity index (χ0n) is 7.36. The largest absolute Gasteiger partial charge is 0.259 e. The van der Waals surface area contributed by atoms with Gasteiger partial charge in [-0.1, -0.05) is 26.2 Å². The van der Waals surface area contributed by atoms with Gasteiger partial charge in [0.15, 0.2) is 0 Å². The number of hydrogen-bond donors (Lipinski definition) is 0. The highest BCUT2D eigenvalue weighted by Crippen LogP contribution is 2.08. The molecule has 4 heteroatoms. The Morgan fingerprint density at radius 2 is 2.17 bits per heavy atom. The van der Waals surface area contributed by atoms with Gasteiger partial charge in [0.2, 0.25) is 6.20 Å². The maximum absolute atomic E-state index is 9.84. The monoisotopic (exact) mass is 189 g/mol. The second kappa shape index (κ2) is 8.59. The predicted molar refractivity (Wildman–Crippen MR) is 52.7 cm³/mol. The van der Waals surface area contributed by atoms with E-state index in [1.807, 2.05) is 0 Å². The molecule has 0 aliphatic rings. The van der Waals surface area contributed by atoms with Crippen LogP contribution in [0.1, 0.15) is 32.6 Å². The van der Waals surface area contributed by atoms with Crippen molar-refractivity contribution in [1.82, 2.24) is 0 Å². The molecule has 0 heterocycles. The first-order valence-corrected chi connectivity index (χ1v) is 5.24. The SMILES string of the molecule is CCCCCCSC=C[N+](=O)[O-]. The molecule has 0 radical (unpaired) electrons. The van der Waals surface area contributed by atoms with Gasteiger partial charge in [-0.05, 0) is 12.2 Å². The van der Waals surface area contributed by atoms with E-state index < -0.39 is 4.92 Å². The fraction of sp³-hybridized carbons (Fsp3) is 0.750. The standard InChI is InChI=1S/C8H15NO2S/c1-2-3-4-5-7-12-8-6-9(10)11/h6,8H,2-5,7H2,1H3. The molecule has 0 saturated carbocycles. The van der Waals surface area contributed by atoms with Crippen LogP contribution in [0.4, 0.5) is 0 Å². The molecule has 70 valence electrons. The number of thioether (sulfide) groups is 1. The fourth-order valence-corrected chi connectivity index (χ4v) is 1.47. The van der Waals surface area contributed by atoms with Crippen LogP contribution in [0.2, 0.25) is 0 Å². The summed E-state index contributed by atoms with van der Waals surface area (Å²) in [6, 6.07) is 0. The first-order chi connectivity index (χ1) is 5.77. The Hall–Kier alpha value is -0.510. The van der Waals surface area contributed by atoms with E-state index in [2.05, 4.69) is 6.92 Å². The maximum Gasteiger partial charge on any atom is 0.240 e. The molecule has 0 amide bonds. The molecule has 0 fully saturated rings. The number of hydrogen-bond acceptors (Lipinski definition) is 3. The lowest BCUT2D eigenvalue weighted by molar-refractivity contribution is -0.402. The van der Waals surface area contributed by atoms with Crippen LogP contribution in [0.5, 0.6) is 0 Å². The third kappa shape index (κ3) is 9.49. The molecule has 0 aromatic rings. The van der Waals surface area contributed by atoms with E-state index in [1.165, 1.54) is 31.0 Å². The summed E-state index contributed by atoms with van der Waals surface area (Å²) in [6.07, 6.45) is 5.87. The van der Waals surface area contributed by atoms with Crippen molar-refractivity contribution < 1.29 is 4.92 Å². The molecule has 0 unspecified atom stereocenters. The normalized spacial score (nSPS) is 10.8. The minimum Gasteiger partial charge on any atom is -0.259 e. The van der Waals surface area contributed by atoms with Gasteiger partial charge in [0.25, 0.3) is 0 Å². The van der Waals surface area contributed by atoms with E-state index in [9.17, 15) is 10.1 Å². The quantitative estimate of drug-likeness (QED) is 0.351. The van der Waals surface area contributed by atoms with Crippen LogP contribution in [-0.2, 0) is 0 Å². The Bertz CT molecular complexity index is 148. The van der Waals surface area contributed by atoms with Gasteiger partial charge in [0, 0.05) is 5.41 Å². The average Bonchev–Trinajstić information content (AvgIpc) is 2.02. The summed E-state index contributed by atoms with van der Waals surface area (Å²) in [5, 5.41) is 11.4. The van der Waals surface area contributed by atoms with Crippen LogP contribution in [0.15, 0.2) is 11.6 Å². The summed E-state index contributed by atoms with van der Waals surface area (Å²) in [5.74, 6) is 0.990. The van der Waals surface area contributed by atoms with Gasteiger partial charge in [-0.3, -0.25) is 10.1 Å². The van der Waals surface area contributed by atoms with Crippen molar-refractivity contribution in [2.75, 3.05) is 5.75 Å². The van der Waals surface area contributed by atoms with Crippen molar-refractivity contribution in [1.29, 1.82) is 0 Å². The van der Waals surface area contributed by atoms with Crippen molar-refractivity contribution in [2.24, 2.45) is 0 Å². The first kappa shape index (κ1) is 11.5. The number of rotatable bonds is 7. The summed E-state index contributed by atoms with van der Waals surface area (Å²) in [6.45, 7) is 2.17. The lowest BCUT2D eigenvalue weighted by Crippen LogP contribution is -1.82. The summed E-state index contributed by atoms with van der Waals surface area (Å²) in [5.41, 5.74) is 0. The first-order valence-electron chi connectivity index (χ1n) is 4.19. The molecule has 3 nitrogen and oxygen atoms in total. The molecule has 0 atom stereocenters. The predicted octanol–water partition coefficient (Wildman–Crippen LogP) is 3.05. The molecule has 0 N–H and O–H groups in total. The highest BCUT2D eigenvalue weighted by atomic mass is 32.2. The van der Waals surface area contributed by atoms with Crippen LogP contribution in [0, 0.1) is 10.1 Å². The highest BCUT2D eigenvalue weighted by molar-refractivity contribution is 8.02. The lowest BCUT2D eigenvalue weighted by Gasteiger charge is -1.94.